The molecule has 0 unspecified atom stereocenters. The van der Waals surface area contributed by atoms with Crippen LogP contribution in [0, 0.1) is 13.8 Å². The molecule has 7 heteroatoms. The van der Waals surface area contributed by atoms with Gasteiger partial charge in [0, 0.05) is 18.5 Å². The normalized spacial score (nSPS) is 10.8. The molecule has 1 amide bonds. The van der Waals surface area contributed by atoms with Gasteiger partial charge in [0.1, 0.15) is 6.61 Å². The smallest absolute Gasteiger partial charge is 0.234 e. The van der Waals surface area contributed by atoms with E-state index >= 15 is 0 Å². The number of anilines is 1. The van der Waals surface area contributed by atoms with E-state index < -0.39 is 0 Å². The lowest BCUT2D eigenvalue weighted by Gasteiger charge is -2.11. The highest BCUT2D eigenvalue weighted by molar-refractivity contribution is 7.99. The maximum absolute atomic E-state index is 12.4. The molecule has 0 radical (unpaired) electrons. The summed E-state index contributed by atoms with van der Waals surface area (Å²) in [5.74, 6) is 0.858. The second-order valence-electron chi connectivity index (χ2n) is 6.16. The largest absolute Gasteiger partial charge is 0.377 e. The average molecular weight is 382 g/mol. The predicted molar refractivity (Wildman–Crippen MR) is 107 cm³/mol. The second-order valence-corrected chi connectivity index (χ2v) is 7.10. The lowest BCUT2D eigenvalue weighted by molar-refractivity contribution is -0.113. The molecule has 3 rings (SSSR count). The van der Waals surface area contributed by atoms with Crippen molar-refractivity contribution < 1.29 is 9.53 Å². The minimum Gasteiger partial charge on any atom is -0.377 e. The van der Waals surface area contributed by atoms with Crippen LogP contribution in [0.5, 0.6) is 0 Å². The topological polar surface area (TPSA) is 69.0 Å². The third kappa shape index (κ3) is 4.75. The molecule has 2 aromatic carbocycles. The standard InChI is InChI=1S/C20H22N4O2S/c1-14-9-10-15(2)17(11-14)21-19(25)13-27-20-23-22-18(12-26-3)24(20)16-7-5-4-6-8-16/h4-11H,12-13H2,1-3H3,(H,21,25). The van der Waals surface area contributed by atoms with E-state index in [0.29, 0.717) is 17.6 Å². The number of hydrogen-bond donors (Lipinski definition) is 1. The monoisotopic (exact) mass is 382 g/mol. The van der Waals surface area contributed by atoms with Crippen LogP contribution in [0.2, 0.25) is 0 Å². The molecule has 1 aromatic heterocycles. The summed E-state index contributed by atoms with van der Waals surface area (Å²) in [5, 5.41) is 12.1. The molecule has 3 aromatic rings. The molecular weight excluding hydrogens is 360 g/mol. The summed E-state index contributed by atoms with van der Waals surface area (Å²) in [4.78, 5) is 12.4. The fraction of sp³-hybridized carbons (Fsp3) is 0.250. The molecule has 27 heavy (non-hydrogen) atoms. The summed E-state index contributed by atoms with van der Waals surface area (Å²) in [6.45, 7) is 4.33. The average Bonchev–Trinajstić information content (AvgIpc) is 3.07. The van der Waals surface area contributed by atoms with Crippen LogP contribution in [0.4, 0.5) is 5.69 Å². The zero-order valence-corrected chi connectivity index (χ0v) is 16.4. The van der Waals surface area contributed by atoms with Crippen LogP contribution >= 0.6 is 11.8 Å². The molecule has 140 valence electrons. The van der Waals surface area contributed by atoms with Crippen molar-refractivity contribution in [3.05, 3.63) is 65.5 Å². The van der Waals surface area contributed by atoms with E-state index in [0.717, 1.165) is 22.5 Å². The van der Waals surface area contributed by atoms with Gasteiger partial charge in [0.25, 0.3) is 0 Å². The van der Waals surface area contributed by atoms with Gasteiger partial charge in [-0.05, 0) is 43.2 Å². The summed E-state index contributed by atoms with van der Waals surface area (Å²) in [6, 6.07) is 15.8. The van der Waals surface area contributed by atoms with E-state index in [1.807, 2.05) is 66.9 Å². The number of ether oxygens (including phenoxy) is 1. The van der Waals surface area contributed by atoms with Gasteiger partial charge in [-0.25, -0.2) is 0 Å². The van der Waals surface area contributed by atoms with Crippen molar-refractivity contribution in [2.75, 3.05) is 18.2 Å². The van der Waals surface area contributed by atoms with Gasteiger partial charge < -0.3 is 10.1 Å². The maximum atomic E-state index is 12.4. The van der Waals surface area contributed by atoms with Crippen LogP contribution in [0.25, 0.3) is 5.69 Å². The maximum Gasteiger partial charge on any atom is 0.234 e. The zero-order valence-electron chi connectivity index (χ0n) is 15.6. The number of benzene rings is 2. The molecule has 0 aliphatic carbocycles. The van der Waals surface area contributed by atoms with Gasteiger partial charge >= 0.3 is 0 Å². The Morgan fingerprint density at radius 1 is 1.15 bits per heavy atom. The predicted octanol–water partition coefficient (Wildman–Crippen LogP) is 3.76. The third-order valence-corrected chi connectivity index (χ3v) is 4.92. The summed E-state index contributed by atoms with van der Waals surface area (Å²) < 4.78 is 7.14. The summed E-state index contributed by atoms with van der Waals surface area (Å²) >= 11 is 1.35. The number of para-hydroxylation sites is 1. The fourth-order valence-electron chi connectivity index (χ4n) is 2.64. The molecule has 0 saturated carbocycles. The second kappa shape index (κ2) is 8.83. The Kier molecular flexibility index (Phi) is 6.26. The number of methoxy groups -OCH3 is 1. The minimum absolute atomic E-state index is 0.0791. The highest BCUT2D eigenvalue weighted by atomic mass is 32.2. The highest BCUT2D eigenvalue weighted by Gasteiger charge is 2.16. The Hall–Kier alpha value is -2.64. The molecule has 6 nitrogen and oxygen atoms in total. The van der Waals surface area contributed by atoms with Crippen LogP contribution in [-0.4, -0.2) is 33.5 Å². The van der Waals surface area contributed by atoms with Crippen LogP contribution < -0.4 is 5.32 Å². The molecule has 0 bridgehead atoms. The van der Waals surface area contributed by atoms with Gasteiger partial charge in [0.05, 0.1) is 5.75 Å². The van der Waals surface area contributed by atoms with Crippen LogP contribution in [0.1, 0.15) is 17.0 Å². The quantitative estimate of drug-likeness (QED) is 0.630. The lowest BCUT2D eigenvalue weighted by Crippen LogP contribution is -2.15. The number of nitrogens with one attached hydrogen (secondary N) is 1. The highest BCUT2D eigenvalue weighted by Crippen LogP contribution is 2.23. The first-order chi connectivity index (χ1) is 13.1. The molecule has 0 fully saturated rings. The Balaban J connectivity index is 1.74. The Morgan fingerprint density at radius 2 is 1.93 bits per heavy atom. The fourth-order valence-corrected chi connectivity index (χ4v) is 3.41. The van der Waals surface area contributed by atoms with E-state index in [9.17, 15) is 4.79 Å². The van der Waals surface area contributed by atoms with Crippen LogP contribution in [0.15, 0.2) is 53.7 Å². The van der Waals surface area contributed by atoms with Crippen molar-refractivity contribution in [1.29, 1.82) is 0 Å². The van der Waals surface area contributed by atoms with Crippen LogP contribution in [0.3, 0.4) is 0 Å². The Morgan fingerprint density at radius 3 is 2.67 bits per heavy atom. The number of nitrogens with zero attached hydrogens (tertiary/aromatic N) is 3. The number of hydrogen-bond acceptors (Lipinski definition) is 5. The van der Waals surface area contributed by atoms with Crippen molar-refractivity contribution in [3.63, 3.8) is 0 Å². The number of carbonyl (C=O) groups excluding carboxylic acids is 1. The van der Waals surface area contributed by atoms with Gasteiger partial charge in [-0.2, -0.15) is 0 Å². The Labute approximate surface area is 163 Å². The number of rotatable bonds is 7. The van der Waals surface area contributed by atoms with E-state index in [-0.39, 0.29) is 11.7 Å². The number of amides is 1. The molecule has 0 atom stereocenters. The lowest BCUT2D eigenvalue weighted by atomic mass is 10.1. The minimum atomic E-state index is -0.0791. The van der Waals surface area contributed by atoms with Crippen LogP contribution in [-0.2, 0) is 16.1 Å². The molecular formula is C20H22N4O2S. The van der Waals surface area contributed by atoms with E-state index in [4.69, 9.17) is 4.74 Å². The van der Waals surface area contributed by atoms with Gasteiger partial charge in [-0.3, -0.25) is 9.36 Å². The van der Waals surface area contributed by atoms with Gasteiger partial charge in [-0.15, -0.1) is 10.2 Å². The molecule has 1 heterocycles. The first kappa shape index (κ1) is 19.1. The van der Waals surface area contributed by atoms with Gasteiger partial charge in [0.15, 0.2) is 11.0 Å². The molecule has 0 spiro atoms. The first-order valence-corrected chi connectivity index (χ1v) is 9.55. The number of carbonyl (C=O) groups is 1. The van der Waals surface area contributed by atoms with Crippen molar-refractivity contribution in [2.24, 2.45) is 0 Å². The zero-order chi connectivity index (χ0) is 19.2. The number of aryl methyl sites for hydroxylation is 2. The summed E-state index contributed by atoms with van der Waals surface area (Å²) in [5.41, 5.74) is 3.92. The van der Waals surface area contributed by atoms with Crippen molar-refractivity contribution in [2.45, 2.75) is 25.6 Å². The summed E-state index contributed by atoms with van der Waals surface area (Å²) in [7, 11) is 1.62. The van der Waals surface area contributed by atoms with E-state index in [2.05, 4.69) is 15.5 Å². The number of aromatic nitrogens is 3. The van der Waals surface area contributed by atoms with Gasteiger partial charge in [-0.1, -0.05) is 42.1 Å². The SMILES string of the molecule is COCc1nnc(SCC(=O)Nc2cc(C)ccc2C)n1-c1ccccc1. The van der Waals surface area contributed by atoms with Crippen molar-refractivity contribution in [3.8, 4) is 5.69 Å². The van der Waals surface area contributed by atoms with Gasteiger partial charge in [0.2, 0.25) is 5.91 Å². The van der Waals surface area contributed by atoms with E-state index in [1.54, 1.807) is 7.11 Å². The molecule has 1 N–H and O–H groups in total. The summed E-state index contributed by atoms with van der Waals surface area (Å²) in [6.07, 6.45) is 0. The third-order valence-electron chi connectivity index (χ3n) is 3.99. The molecule has 0 saturated heterocycles. The van der Waals surface area contributed by atoms with E-state index in [1.165, 1.54) is 11.8 Å². The molecule has 0 aliphatic rings. The van der Waals surface area contributed by atoms with Crippen molar-refractivity contribution in [1.82, 2.24) is 14.8 Å². The molecule has 0 aliphatic heterocycles. The number of thioether (sulfide) groups is 1. The van der Waals surface area contributed by atoms with Crippen molar-refractivity contribution >= 4 is 23.4 Å². The first-order valence-electron chi connectivity index (χ1n) is 8.57. The Bertz CT molecular complexity index is 925.